The molecule has 1 saturated carbocycles. The third-order valence-electron chi connectivity index (χ3n) is 10.2. The molecule has 6 atom stereocenters. The van der Waals surface area contributed by atoms with Gasteiger partial charge in [0.15, 0.2) is 0 Å². The Labute approximate surface area is 272 Å². The second-order valence-electron chi connectivity index (χ2n) is 14.4. The van der Waals surface area contributed by atoms with Crippen LogP contribution < -0.4 is 14.8 Å². The lowest BCUT2D eigenvalue weighted by Gasteiger charge is -2.37. The Morgan fingerprint density at radius 1 is 1.09 bits per heavy atom. The van der Waals surface area contributed by atoms with Gasteiger partial charge in [-0.15, -0.1) is 0 Å². The number of esters is 1. The molecule has 0 unspecified atom stereocenters. The summed E-state index contributed by atoms with van der Waals surface area (Å²) in [6, 6.07) is 3.74. The van der Waals surface area contributed by atoms with Gasteiger partial charge in [-0.1, -0.05) is 40.5 Å². The largest absolute Gasteiger partial charge is 0.497 e. The zero-order valence-electron chi connectivity index (χ0n) is 28.4. The lowest BCUT2D eigenvalue weighted by Crippen LogP contribution is -2.58. The van der Waals surface area contributed by atoms with Crippen molar-refractivity contribution >= 4 is 29.0 Å². The summed E-state index contributed by atoms with van der Waals surface area (Å²) in [5.74, 6) is 0.0237. The number of rotatable bonds is 3. The van der Waals surface area contributed by atoms with Crippen molar-refractivity contribution in [1.82, 2.24) is 20.2 Å². The molecule has 1 N–H and O–H groups in total. The third-order valence-corrected chi connectivity index (χ3v) is 10.2. The second-order valence-corrected chi connectivity index (χ2v) is 14.4. The summed E-state index contributed by atoms with van der Waals surface area (Å²) in [4.78, 5) is 52.6. The van der Waals surface area contributed by atoms with E-state index in [4.69, 9.17) is 28.9 Å². The van der Waals surface area contributed by atoms with Gasteiger partial charge in [-0.05, 0) is 75.3 Å². The highest BCUT2D eigenvalue weighted by Crippen LogP contribution is 2.42. The molecular formula is C35H50N4O7. The molecule has 1 aromatic carbocycles. The maximum Gasteiger partial charge on any atom is 0.408 e. The van der Waals surface area contributed by atoms with Crippen LogP contribution in [0.3, 0.4) is 0 Å². The number of carbonyl (C=O) groups is 3. The number of benzene rings is 1. The van der Waals surface area contributed by atoms with Crippen LogP contribution in [0.4, 0.5) is 4.79 Å². The number of hydrogen-bond donors (Lipinski definition) is 1. The number of nitrogens with zero attached hydrogens (tertiary/aromatic N) is 3. The number of amides is 2. The molecule has 46 heavy (non-hydrogen) atoms. The summed E-state index contributed by atoms with van der Waals surface area (Å²) in [6.45, 7) is 9.78. The quantitative estimate of drug-likeness (QED) is 0.427. The van der Waals surface area contributed by atoms with Gasteiger partial charge in [-0.3, -0.25) is 4.79 Å². The zero-order valence-corrected chi connectivity index (χ0v) is 28.4. The van der Waals surface area contributed by atoms with Crippen molar-refractivity contribution in [3.05, 3.63) is 23.9 Å². The number of alkyl carbamates (subject to hydrolysis) is 1. The Bertz CT molecular complexity index is 1440. The van der Waals surface area contributed by atoms with E-state index in [-0.39, 0.29) is 24.3 Å². The van der Waals surface area contributed by atoms with Gasteiger partial charge in [0.05, 0.1) is 31.8 Å². The molecule has 2 fully saturated rings. The predicted molar refractivity (Wildman–Crippen MR) is 173 cm³/mol. The number of aryl methyl sites for hydroxylation is 1. The van der Waals surface area contributed by atoms with Crippen LogP contribution >= 0.6 is 0 Å². The molecule has 1 aliphatic carbocycles. The monoisotopic (exact) mass is 638 g/mol. The number of methoxy groups -OCH3 is 2. The molecule has 0 radical (unpaired) electrons. The average Bonchev–Trinajstić information content (AvgIpc) is 3.57. The van der Waals surface area contributed by atoms with Crippen LogP contribution in [0.15, 0.2) is 18.2 Å². The first-order valence-electron chi connectivity index (χ1n) is 16.8. The lowest BCUT2D eigenvalue weighted by atomic mass is 9.85. The van der Waals surface area contributed by atoms with Crippen LogP contribution in [-0.4, -0.2) is 77.4 Å². The van der Waals surface area contributed by atoms with Crippen LogP contribution in [0.1, 0.15) is 91.7 Å². The fourth-order valence-electron chi connectivity index (χ4n) is 7.55. The summed E-state index contributed by atoms with van der Waals surface area (Å²) in [7, 11) is 2.93. The minimum atomic E-state index is -0.950. The van der Waals surface area contributed by atoms with Gasteiger partial charge in [-0.25, -0.2) is 19.6 Å². The molecule has 2 bridgehead atoms. The van der Waals surface area contributed by atoms with Crippen molar-refractivity contribution in [2.24, 2.45) is 17.3 Å². The number of aromatic nitrogens is 2. The van der Waals surface area contributed by atoms with Gasteiger partial charge in [0.2, 0.25) is 11.8 Å². The fourth-order valence-corrected chi connectivity index (χ4v) is 7.55. The van der Waals surface area contributed by atoms with Gasteiger partial charge in [0.25, 0.3) is 0 Å². The van der Waals surface area contributed by atoms with Gasteiger partial charge in [0.1, 0.15) is 35.2 Å². The average molecular weight is 639 g/mol. The topological polar surface area (TPSA) is 129 Å². The number of nitrogens with one attached hydrogen (secondary N) is 1. The van der Waals surface area contributed by atoms with Gasteiger partial charge in [-0.2, -0.15) is 0 Å². The summed E-state index contributed by atoms with van der Waals surface area (Å²) in [5.41, 5.74) is 0.856. The molecule has 3 heterocycles. The summed E-state index contributed by atoms with van der Waals surface area (Å²) in [6.07, 6.45) is 6.65. The van der Waals surface area contributed by atoms with E-state index >= 15 is 0 Å². The van der Waals surface area contributed by atoms with E-state index in [1.54, 1.807) is 7.11 Å². The van der Waals surface area contributed by atoms with E-state index < -0.39 is 41.3 Å². The van der Waals surface area contributed by atoms with E-state index in [1.165, 1.54) is 12.0 Å². The molecule has 5 rings (SSSR count). The molecule has 0 spiro atoms. The minimum Gasteiger partial charge on any atom is -0.497 e. The van der Waals surface area contributed by atoms with Crippen molar-refractivity contribution in [1.29, 1.82) is 0 Å². The first kappa shape index (κ1) is 33.7. The molecule has 2 aliphatic heterocycles. The molecule has 3 aliphatic rings. The van der Waals surface area contributed by atoms with Crippen molar-refractivity contribution in [2.75, 3.05) is 20.8 Å². The number of fused-ring (bicyclic) bond motifs is 5. The van der Waals surface area contributed by atoms with E-state index in [0.29, 0.717) is 30.0 Å². The first-order valence-corrected chi connectivity index (χ1v) is 16.8. The van der Waals surface area contributed by atoms with Gasteiger partial charge >= 0.3 is 12.1 Å². The van der Waals surface area contributed by atoms with Crippen LogP contribution in [0.25, 0.3) is 11.0 Å². The maximum atomic E-state index is 14.4. The van der Waals surface area contributed by atoms with Gasteiger partial charge in [0, 0.05) is 12.0 Å². The molecule has 11 heteroatoms. The minimum absolute atomic E-state index is 0.122. The summed E-state index contributed by atoms with van der Waals surface area (Å²) in [5, 5.41) is 2.91. The van der Waals surface area contributed by atoms with E-state index in [1.807, 2.05) is 52.8 Å². The molecule has 1 aromatic heterocycles. The fraction of sp³-hybridized carbons (Fsp3) is 0.686. The standard InChI is InChI=1S/C35H50N4O7/c1-8-23-27-20-39(28(23)32(41)44-7)31(40)29(34(2,3)4)38-33(42)46-35(5)18-12-14-21(35)13-10-9-11-15-25-30(45-27)37-26-19-22(43-6)16-17-24(26)36-25/h16-17,19,21,23,27-29H,8-15,18,20H2,1-7H3,(H,38,42)/t21-,23-,27+,28+,29-,35-/m1/s1. The van der Waals surface area contributed by atoms with E-state index in [2.05, 4.69) is 5.32 Å². The van der Waals surface area contributed by atoms with E-state index in [9.17, 15) is 14.4 Å². The first-order chi connectivity index (χ1) is 21.9. The molecule has 2 amide bonds. The summed E-state index contributed by atoms with van der Waals surface area (Å²) >= 11 is 0. The highest BCUT2D eigenvalue weighted by molar-refractivity contribution is 5.91. The van der Waals surface area contributed by atoms with Crippen LogP contribution in [0, 0.1) is 17.3 Å². The van der Waals surface area contributed by atoms with Crippen molar-refractivity contribution in [3.8, 4) is 11.6 Å². The van der Waals surface area contributed by atoms with E-state index in [0.717, 1.165) is 56.2 Å². The number of ether oxygens (including phenoxy) is 4. The third kappa shape index (κ3) is 6.88. The number of hydrogen-bond acceptors (Lipinski definition) is 9. The normalized spacial score (nSPS) is 29.5. The zero-order chi connectivity index (χ0) is 33.2. The Hall–Kier alpha value is -3.63. The van der Waals surface area contributed by atoms with Crippen molar-refractivity contribution < 1.29 is 33.3 Å². The molecule has 1 saturated heterocycles. The molecular weight excluding hydrogens is 588 g/mol. The number of carbonyl (C=O) groups excluding carboxylic acids is 3. The Balaban J connectivity index is 1.57. The van der Waals surface area contributed by atoms with Crippen LogP contribution in [0.5, 0.6) is 11.6 Å². The van der Waals surface area contributed by atoms with Crippen LogP contribution in [-0.2, 0) is 25.5 Å². The Morgan fingerprint density at radius 3 is 2.54 bits per heavy atom. The van der Waals surface area contributed by atoms with Crippen molar-refractivity contribution in [2.45, 2.75) is 116 Å². The smallest absolute Gasteiger partial charge is 0.408 e. The predicted octanol–water partition coefficient (Wildman–Crippen LogP) is 5.61. The van der Waals surface area contributed by atoms with Crippen LogP contribution in [0.2, 0.25) is 0 Å². The Kier molecular flexibility index (Phi) is 9.98. The molecule has 252 valence electrons. The maximum absolute atomic E-state index is 14.4. The highest BCUT2D eigenvalue weighted by Gasteiger charge is 2.52. The lowest BCUT2D eigenvalue weighted by molar-refractivity contribution is -0.154. The molecule has 2 aromatic rings. The van der Waals surface area contributed by atoms with Crippen molar-refractivity contribution in [3.63, 3.8) is 0 Å². The SMILES string of the molecule is CC[C@@H]1[C@@H]2CN(C(=O)[C@H](C(C)(C)C)NC(=O)O[C@]3(C)CCC[C@H]3CCCCCc3nc4ccc(OC)cc4nc3O2)[C@@H]1C(=O)OC. The molecule has 11 nitrogen and oxygen atoms in total. The summed E-state index contributed by atoms with van der Waals surface area (Å²) < 4.78 is 23.5. The van der Waals surface area contributed by atoms with Gasteiger partial charge < -0.3 is 29.2 Å². The highest BCUT2D eigenvalue weighted by atomic mass is 16.6. The second kappa shape index (κ2) is 13.6. The Morgan fingerprint density at radius 2 is 1.85 bits per heavy atom.